The second kappa shape index (κ2) is 6.70. The van der Waals surface area contributed by atoms with Crippen LogP contribution in [0.1, 0.15) is 17.3 Å². The van der Waals surface area contributed by atoms with Crippen LogP contribution in [0.25, 0.3) is 0 Å². The number of hydrogen-bond donors (Lipinski definition) is 3. The molecule has 1 aromatic rings. The highest BCUT2D eigenvalue weighted by molar-refractivity contribution is 7.80. The van der Waals surface area contributed by atoms with Crippen LogP contribution in [0.4, 0.5) is 5.69 Å². The zero-order valence-electron chi connectivity index (χ0n) is 9.74. The Hall–Kier alpha value is -1.82. The number of carbonyl (C=O) groups excluding carboxylic acids is 1. The molecular formula is C11H15N3O2S. The van der Waals surface area contributed by atoms with Crippen LogP contribution in [-0.2, 0) is 4.74 Å². The molecule has 6 heteroatoms. The summed E-state index contributed by atoms with van der Waals surface area (Å²) in [5, 5.41) is 3.25. The zero-order chi connectivity index (χ0) is 12.7. The summed E-state index contributed by atoms with van der Waals surface area (Å²) < 4.78 is 4.88. The lowest BCUT2D eigenvalue weighted by Crippen LogP contribution is -2.36. The molecule has 0 atom stereocenters. The van der Waals surface area contributed by atoms with Crippen LogP contribution in [0.5, 0.6) is 0 Å². The minimum absolute atomic E-state index is 0.322. The second-order valence-corrected chi connectivity index (χ2v) is 3.54. The van der Waals surface area contributed by atoms with Crippen molar-refractivity contribution in [1.82, 2.24) is 10.7 Å². The van der Waals surface area contributed by atoms with Crippen LogP contribution in [0.3, 0.4) is 0 Å². The standard InChI is InChI=1S/C11H15N3O2S/c1-3-16-10(15)8-4-6-9(7-5-8)13-14-11(17)12-2/h4-7,13H,3H2,1-2H3,(H2,12,14,17). The Morgan fingerprint density at radius 3 is 2.53 bits per heavy atom. The van der Waals surface area contributed by atoms with E-state index in [2.05, 4.69) is 16.2 Å². The van der Waals surface area contributed by atoms with Crippen molar-refractivity contribution >= 4 is 29.0 Å². The maximum absolute atomic E-state index is 11.4. The highest BCUT2D eigenvalue weighted by atomic mass is 32.1. The van der Waals surface area contributed by atoms with Gasteiger partial charge >= 0.3 is 5.97 Å². The third-order valence-electron chi connectivity index (χ3n) is 1.94. The molecule has 0 aliphatic heterocycles. The number of carbonyl (C=O) groups is 1. The molecular weight excluding hydrogens is 238 g/mol. The molecule has 0 saturated heterocycles. The average molecular weight is 253 g/mol. The van der Waals surface area contributed by atoms with E-state index in [0.717, 1.165) is 5.69 Å². The molecule has 3 N–H and O–H groups in total. The molecule has 0 heterocycles. The predicted octanol–water partition coefficient (Wildman–Crippen LogP) is 1.28. The van der Waals surface area contributed by atoms with E-state index < -0.39 is 0 Å². The van der Waals surface area contributed by atoms with Crippen LogP contribution in [-0.4, -0.2) is 24.7 Å². The summed E-state index contributed by atoms with van der Waals surface area (Å²) in [4.78, 5) is 11.4. The first-order valence-electron chi connectivity index (χ1n) is 5.18. The van der Waals surface area contributed by atoms with Crippen LogP contribution in [0.15, 0.2) is 24.3 Å². The summed E-state index contributed by atoms with van der Waals surface area (Å²) in [5.41, 5.74) is 6.99. The first-order valence-corrected chi connectivity index (χ1v) is 5.59. The smallest absolute Gasteiger partial charge is 0.338 e. The molecule has 0 aliphatic rings. The van der Waals surface area contributed by atoms with Gasteiger partial charge in [-0.15, -0.1) is 0 Å². The summed E-state index contributed by atoms with van der Waals surface area (Å²) in [6.07, 6.45) is 0. The number of esters is 1. The van der Waals surface area contributed by atoms with Crippen molar-refractivity contribution in [3.63, 3.8) is 0 Å². The molecule has 1 rings (SSSR count). The predicted molar refractivity (Wildman–Crippen MR) is 70.8 cm³/mol. The molecule has 0 aliphatic carbocycles. The van der Waals surface area contributed by atoms with Gasteiger partial charge < -0.3 is 10.1 Å². The minimum Gasteiger partial charge on any atom is -0.462 e. The van der Waals surface area contributed by atoms with Crippen molar-refractivity contribution in [2.24, 2.45) is 0 Å². The Kier molecular flexibility index (Phi) is 5.22. The molecule has 0 fully saturated rings. The van der Waals surface area contributed by atoms with Crippen molar-refractivity contribution in [3.05, 3.63) is 29.8 Å². The summed E-state index contributed by atoms with van der Waals surface area (Å²) >= 11 is 4.90. The number of ether oxygens (including phenoxy) is 1. The quantitative estimate of drug-likeness (QED) is 0.427. The lowest BCUT2D eigenvalue weighted by Gasteiger charge is -2.10. The van der Waals surface area contributed by atoms with Gasteiger partial charge in [-0.1, -0.05) is 0 Å². The van der Waals surface area contributed by atoms with Gasteiger partial charge in [-0.2, -0.15) is 0 Å². The molecule has 0 spiro atoms. The third kappa shape index (κ3) is 4.28. The maximum Gasteiger partial charge on any atom is 0.338 e. The van der Waals surface area contributed by atoms with Crippen molar-refractivity contribution in [2.45, 2.75) is 6.92 Å². The highest BCUT2D eigenvalue weighted by Gasteiger charge is 2.05. The van der Waals surface area contributed by atoms with Crippen LogP contribution < -0.4 is 16.2 Å². The van der Waals surface area contributed by atoms with Gasteiger partial charge in [0.1, 0.15) is 0 Å². The third-order valence-corrected chi connectivity index (χ3v) is 2.25. The van der Waals surface area contributed by atoms with E-state index in [1.54, 1.807) is 38.2 Å². The topological polar surface area (TPSA) is 62.4 Å². The highest BCUT2D eigenvalue weighted by Crippen LogP contribution is 2.09. The summed E-state index contributed by atoms with van der Waals surface area (Å²) in [7, 11) is 1.72. The van der Waals surface area contributed by atoms with Gasteiger partial charge in [0.05, 0.1) is 17.9 Å². The number of thiocarbonyl (C=S) groups is 1. The van der Waals surface area contributed by atoms with E-state index in [0.29, 0.717) is 17.3 Å². The number of nitrogens with one attached hydrogen (secondary N) is 3. The Bertz CT molecular complexity index is 392. The fourth-order valence-corrected chi connectivity index (χ4v) is 1.15. The molecule has 92 valence electrons. The van der Waals surface area contributed by atoms with Crippen LogP contribution in [0, 0.1) is 0 Å². The van der Waals surface area contributed by atoms with Gasteiger partial charge in [-0.25, -0.2) is 4.79 Å². The average Bonchev–Trinajstić information content (AvgIpc) is 2.36. The van der Waals surface area contributed by atoms with Crippen LogP contribution in [0.2, 0.25) is 0 Å². The Morgan fingerprint density at radius 2 is 2.00 bits per heavy atom. The van der Waals surface area contributed by atoms with Gasteiger partial charge in [0.2, 0.25) is 0 Å². The lowest BCUT2D eigenvalue weighted by molar-refractivity contribution is 0.0526. The van der Waals surface area contributed by atoms with E-state index in [-0.39, 0.29) is 5.97 Å². The molecule has 0 bridgehead atoms. The molecule has 5 nitrogen and oxygen atoms in total. The number of benzene rings is 1. The monoisotopic (exact) mass is 253 g/mol. The molecule has 0 aromatic heterocycles. The summed E-state index contributed by atoms with van der Waals surface area (Å²) in [6.45, 7) is 2.15. The largest absolute Gasteiger partial charge is 0.462 e. The van der Waals surface area contributed by atoms with Crippen molar-refractivity contribution in [1.29, 1.82) is 0 Å². The SMILES string of the molecule is CCOC(=O)c1ccc(NNC(=S)NC)cc1. The zero-order valence-corrected chi connectivity index (χ0v) is 10.6. The van der Waals surface area contributed by atoms with E-state index in [9.17, 15) is 4.79 Å². The molecule has 0 amide bonds. The Morgan fingerprint density at radius 1 is 1.35 bits per heavy atom. The normalized spacial score (nSPS) is 9.29. The Balaban J connectivity index is 2.56. The van der Waals surface area contributed by atoms with E-state index in [1.165, 1.54) is 0 Å². The molecule has 1 aromatic carbocycles. The van der Waals surface area contributed by atoms with Gasteiger partial charge in [0.25, 0.3) is 0 Å². The van der Waals surface area contributed by atoms with Gasteiger partial charge in [0, 0.05) is 7.05 Å². The second-order valence-electron chi connectivity index (χ2n) is 3.13. The van der Waals surface area contributed by atoms with Crippen molar-refractivity contribution in [3.8, 4) is 0 Å². The van der Waals surface area contributed by atoms with E-state index >= 15 is 0 Å². The van der Waals surface area contributed by atoms with Crippen LogP contribution >= 0.6 is 12.2 Å². The van der Waals surface area contributed by atoms with E-state index in [4.69, 9.17) is 17.0 Å². The number of anilines is 1. The van der Waals surface area contributed by atoms with Gasteiger partial charge in [-0.3, -0.25) is 10.9 Å². The summed E-state index contributed by atoms with van der Waals surface area (Å²) in [6, 6.07) is 6.89. The number of hydrazine groups is 1. The van der Waals surface area contributed by atoms with Gasteiger partial charge in [0.15, 0.2) is 5.11 Å². The summed E-state index contributed by atoms with van der Waals surface area (Å²) in [5.74, 6) is -0.322. The van der Waals surface area contributed by atoms with Crippen molar-refractivity contribution < 1.29 is 9.53 Å². The lowest BCUT2D eigenvalue weighted by atomic mass is 10.2. The molecule has 0 unspecified atom stereocenters. The first-order chi connectivity index (χ1) is 8.17. The molecule has 17 heavy (non-hydrogen) atoms. The van der Waals surface area contributed by atoms with Crippen molar-refractivity contribution in [2.75, 3.05) is 19.1 Å². The number of rotatable bonds is 4. The number of hydrogen-bond acceptors (Lipinski definition) is 4. The first kappa shape index (κ1) is 13.2. The molecule has 0 saturated carbocycles. The fourth-order valence-electron chi connectivity index (χ4n) is 1.10. The Labute approximate surface area is 106 Å². The van der Waals surface area contributed by atoms with E-state index in [1.807, 2.05) is 0 Å². The fraction of sp³-hybridized carbons (Fsp3) is 0.273. The van der Waals surface area contributed by atoms with Gasteiger partial charge in [-0.05, 0) is 43.4 Å². The minimum atomic E-state index is -0.322. The molecule has 0 radical (unpaired) electrons. The maximum atomic E-state index is 11.4.